The molecule has 126 valence electrons. The number of hydrogen-bond acceptors (Lipinski definition) is 4. The van der Waals surface area contributed by atoms with E-state index in [2.05, 4.69) is 24.4 Å². The minimum atomic E-state index is -0.206. The van der Waals surface area contributed by atoms with E-state index >= 15 is 0 Å². The second-order valence-electron chi connectivity index (χ2n) is 5.44. The Labute approximate surface area is 142 Å². The highest BCUT2D eigenvalue weighted by molar-refractivity contribution is 5.82. The van der Waals surface area contributed by atoms with Crippen molar-refractivity contribution in [2.24, 2.45) is 5.10 Å². The Morgan fingerprint density at radius 3 is 2.42 bits per heavy atom. The van der Waals surface area contributed by atoms with Crippen molar-refractivity contribution in [2.75, 3.05) is 13.2 Å². The van der Waals surface area contributed by atoms with Crippen LogP contribution in [0.25, 0.3) is 0 Å². The quantitative estimate of drug-likeness (QED) is 0.483. The molecule has 5 nitrogen and oxygen atoms in total. The maximum absolute atomic E-state index is 10.8. The highest BCUT2D eigenvalue weighted by Gasteiger charge is 1.99. The first-order valence-corrected chi connectivity index (χ1v) is 7.77. The van der Waals surface area contributed by atoms with Gasteiger partial charge in [-0.15, -0.1) is 0 Å². The number of carbonyl (C=O) groups excluding carboxylic acids is 1. The summed E-state index contributed by atoms with van der Waals surface area (Å²) in [4.78, 5) is 10.8. The summed E-state index contributed by atoms with van der Waals surface area (Å²) in [6.07, 6.45) is 1.57. The minimum Gasteiger partial charge on any atom is -0.490 e. The second-order valence-corrected chi connectivity index (χ2v) is 5.44. The molecule has 0 bridgehead atoms. The minimum absolute atomic E-state index is 0.206. The highest BCUT2D eigenvalue weighted by Crippen LogP contribution is 2.16. The van der Waals surface area contributed by atoms with Crippen LogP contribution in [0.4, 0.5) is 0 Å². The van der Waals surface area contributed by atoms with Gasteiger partial charge < -0.3 is 9.47 Å². The molecule has 5 heteroatoms. The fraction of sp³-hybridized carbons (Fsp3) is 0.263. The lowest BCUT2D eigenvalue weighted by atomic mass is 10.1. The van der Waals surface area contributed by atoms with Gasteiger partial charge in [0.25, 0.3) is 0 Å². The number of benzene rings is 2. The highest BCUT2D eigenvalue weighted by atomic mass is 16.5. The Morgan fingerprint density at radius 2 is 1.75 bits per heavy atom. The Hall–Kier alpha value is -2.82. The number of nitrogens with zero attached hydrogens (tertiary/aromatic N) is 1. The number of ether oxygens (including phenoxy) is 2. The number of nitrogens with one attached hydrogen (secondary N) is 1. The largest absolute Gasteiger partial charge is 0.490 e. The lowest BCUT2D eigenvalue weighted by molar-refractivity contribution is -0.118. The SMILES string of the molecule is CC(=O)N/N=C\c1cccc(OCCOc2ccc(C)c(C)c2)c1. The van der Waals surface area contributed by atoms with Gasteiger partial charge in [0.1, 0.15) is 24.7 Å². The van der Waals surface area contributed by atoms with Crippen LogP contribution < -0.4 is 14.9 Å². The van der Waals surface area contributed by atoms with Crippen molar-refractivity contribution in [3.8, 4) is 11.5 Å². The van der Waals surface area contributed by atoms with Gasteiger partial charge in [-0.2, -0.15) is 5.10 Å². The van der Waals surface area contributed by atoms with E-state index in [0.29, 0.717) is 13.2 Å². The van der Waals surface area contributed by atoms with Gasteiger partial charge in [-0.05, 0) is 54.8 Å². The van der Waals surface area contributed by atoms with E-state index in [4.69, 9.17) is 9.47 Å². The van der Waals surface area contributed by atoms with Crippen LogP contribution in [0.15, 0.2) is 47.6 Å². The van der Waals surface area contributed by atoms with Crippen molar-refractivity contribution in [1.29, 1.82) is 0 Å². The molecule has 0 radical (unpaired) electrons. The smallest absolute Gasteiger partial charge is 0.236 e. The van der Waals surface area contributed by atoms with Crippen LogP contribution in [0.2, 0.25) is 0 Å². The summed E-state index contributed by atoms with van der Waals surface area (Å²) in [6.45, 7) is 6.45. The van der Waals surface area contributed by atoms with E-state index in [0.717, 1.165) is 17.1 Å². The first-order chi connectivity index (χ1) is 11.5. The second kappa shape index (κ2) is 8.72. The van der Waals surface area contributed by atoms with Crippen LogP contribution in [-0.4, -0.2) is 25.3 Å². The Bertz CT molecular complexity index is 726. The molecule has 0 fully saturated rings. The third-order valence-electron chi connectivity index (χ3n) is 3.39. The summed E-state index contributed by atoms with van der Waals surface area (Å²) < 4.78 is 11.4. The van der Waals surface area contributed by atoms with E-state index in [1.807, 2.05) is 42.5 Å². The molecular weight excluding hydrogens is 304 g/mol. The molecule has 0 heterocycles. The first kappa shape index (κ1) is 17.5. The van der Waals surface area contributed by atoms with Crippen LogP contribution in [-0.2, 0) is 4.79 Å². The molecule has 0 saturated carbocycles. The van der Waals surface area contributed by atoms with Gasteiger partial charge in [-0.3, -0.25) is 4.79 Å². The predicted molar refractivity (Wildman–Crippen MR) is 94.8 cm³/mol. The molecule has 0 unspecified atom stereocenters. The monoisotopic (exact) mass is 326 g/mol. The van der Waals surface area contributed by atoms with E-state index < -0.39 is 0 Å². The van der Waals surface area contributed by atoms with Gasteiger partial charge >= 0.3 is 0 Å². The van der Waals surface area contributed by atoms with Crippen molar-refractivity contribution in [1.82, 2.24) is 5.43 Å². The topological polar surface area (TPSA) is 59.9 Å². The zero-order valence-corrected chi connectivity index (χ0v) is 14.2. The Morgan fingerprint density at radius 1 is 1.04 bits per heavy atom. The van der Waals surface area contributed by atoms with Gasteiger partial charge in [0.2, 0.25) is 5.91 Å². The number of aryl methyl sites for hydroxylation is 2. The van der Waals surface area contributed by atoms with Crippen molar-refractivity contribution in [2.45, 2.75) is 20.8 Å². The molecule has 0 saturated heterocycles. The third-order valence-corrected chi connectivity index (χ3v) is 3.39. The van der Waals surface area contributed by atoms with Crippen LogP contribution in [0, 0.1) is 13.8 Å². The van der Waals surface area contributed by atoms with Crippen molar-refractivity contribution in [3.05, 3.63) is 59.2 Å². The molecule has 0 aliphatic carbocycles. The summed E-state index contributed by atoms with van der Waals surface area (Å²) in [5.41, 5.74) is 5.66. The molecule has 2 rings (SSSR count). The summed E-state index contributed by atoms with van der Waals surface area (Å²) in [5, 5.41) is 3.83. The van der Waals surface area contributed by atoms with Crippen LogP contribution >= 0.6 is 0 Å². The molecule has 2 aromatic rings. The van der Waals surface area contributed by atoms with E-state index in [9.17, 15) is 4.79 Å². The first-order valence-electron chi connectivity index (χ1n) is 7.77. The maximum Gasteiger partial charge on any atom is 0.236 e. The molecule has 0 spiro atoms. The Balaban J connectivity index is 1.80. The zero-order valence-electron chi connectivity index (χ0n) is 14.2. The van der Waals surface area contributed by atoms with Crippen LogP contribution in [0.3, 0.4) is 0 Å². The Kier molecular flexibility index (Phi) is 6.37. The fourth-order valence-electron chi connectivity index (χ4n) is 2.01. The average Bonchev–Trinajstić information content (AvgIpc) is 2.55. The van der Waals surface area contributed by atoms with Gasteiger partial charge in [0, 0.05) is 6.92 Å². The average molecular weight is 326 g/mol. The van der Waals surface area contributed by atoms with Gasteiger partial charge in [-0.25, -0.2) is 5.43 Å². The number of amides is 1. The zero-order chi connectivity index (χ0) is 17.4. The third kappa shape index (κ3) is 5.76. The molecule has 2 aromatic carbocycles. The lowest BCUT2D eigenvalue weighted by Crippen LogP contribution is -2.12. The molecule has 1 amide bonds. The van der Waals surface area contributed by atoms with Crippen LogP contribution in [0.5, 0.6) is 11.5 Å². The lowest BCUT2D eigenvalue weighted by Gasteiger charge is -2.10. The fourth-order valence-corrected chi connectivity index (χ4v) is 2.01. The summed E-state index contributed by atoms with van der Waals surface area (Å²) in [6, 6.07) is 13.5. The summed E-state index contributed by atoms with van der Waals surface area (Å²) >= 11 is 0. The predicted octanol–water partition coefficient (Wildman–Crippen LogP) is 3.23. The maximum atomic E-state index is 10.8. The molecule has 1 N–H and O–H groups in total. The molecule has 24 heavy (non-hydrogen) atoms. The molecule has 0 aliphatic heterocycles. The molecule has 0 aliphatic rings. The van der Waals surface area contributed by atoms with E-state index in [-0.39, 0.29) is 5.91 Å². The summed E-state index contributed by atoms with van der Waals surface area (Å²) in [7, 11) is 0. The van der Waals surface area contributed by atoms with Gasteiger partial charge in [-0.1, -0.05) is 18.2 Å². The number of rotatable bonds is 7. The van der Waals surface area contributed by atoms with Crippen molar-refractivity contribution >= 4 is 12.1 Å². The van der Waals surface area contributed by atoms with E-state index in [1.54, 1.807) is 6.21 Å². The molecular formula is C19H22N2O3. The number of hydrazone groups is 1. The van der Waals surface area contributed by atoms with Gasteiger partial charge in [0.05, 0.1) is 6.21 Å². The van der Waals surface area contributed by atoms with Crippen molar-refractivity contribution < 1.29 is 14.3 Å². The van der Waals surface area contributed by atoms with Crippen LogP contribution in [0.1, 0.15) is 23.6 Å². The van der Waals surface area contributed by atoms with Crippen molar-refractivity contribution in [3.63, 3.8) is 0 Å². The number of hydrogen-bond donors (Lipinski definition) is 1. The van der Waals surface area contributed by atoms with E-state index in [1.165, 1.54) is 18.1 Å². The normalized spacial score (nSPS) is 10.6. The molecule has 0 atom stereocenters. The number of carbonyl (C=O) groups is 1. The standard InChI is InChI=1S/C19H22N2O3/c1-14-7-8-19(11-15(14)2)24-10-9-23-18-6-4-5-17(12-18)13-20-21-16(3)22/h4-8,11-13H,9-10H2,1-3H3,(H,21,22)/b20-13-. The summed E-state index contributed by atoms with van der Waals surface area (Å²) in [5.74, 6) is 1.37. The van der Waals surface area contributed by atoms with Gasteiger partial charge in [0.15, 0.2) is 0 Å². The molecule has 0 aromatic heterocycles.